The zero-order valence-corrected chi connectivity index (χ0v) is 19.3. The number of carbonyl (C=O) groups is 2. The van der Waals surface area contributed by atoms with Crippen LogP contribution in [-0.4, -0.2) is 43.4 Å². The van der Waals surface area contributed by atoms with E-state index in [2.05, 4.69) is 16.2 Å². The number of ether oxygens (including phenoxy) is 3. The van der Waals surface area contributed by atoms with Crippen molar-refractivity contribution in [1.82, 2.24) is 16.2 Å². The predicted molar refractivity (Wildman–Crippen MR) is 126 cm³/mol. The fraction of sp³-hybridized carbons (Fsp3) is 0.348. The third-order valence-electron chi connectivity index (χ3n) is 4.26. The van der Waals surface area contributed by atoms with Gasteiger partial charge in [-0.1, -0.05) is 44.2 Å². The summed E-state index contributed by atoms with van der Waals surface area (Å²) in [5.41, 5.74) is 6.22. The maximum absolute atomic E-state index is 12.5. The number of para-hydroxylation sites is 2. The van der Waals surface area contributed by atoms with Gasteiger partial charge < -0.3 is 14.2 Å². The normalized spacial score (nSPS) is 10.4. The smallest absolute Gasteiger partial charge is 0.276 e. The molecule has 0 fully saturated rings. The molecule has 9 heteroatoms. The van der Waals surface area contributed by atoms with Gasteiger partial charge in [0.15, 0.2) is 11.7 Å². The average molecular weight is 460 g/mol. The zero-order chi connectivity index (χ0) is 23.3. The van der Waals surface area contributed by atoms with E-state index in [1.807, 2.05) is 45.0 Å². The molecule has 0 spiro atoms. The summed E-state index contributed by atoms with van der Waals surface area (Å²) in [5, 5.41) is 2.45. The Morgan fingerprint density at radius 3 is 2.34 bits per heavy atom. The summed E-state index contributed by atoms with van der Waals surface area (Å²) < 4.78 is 16.4. The summed E-state index contributed by atoms with van der Waals surface area (Å²) in [6.45, 7) is 7.11. The Labute approximate surface area is 193 Å². The summed E-state index contributed by atoms with van der Waals surface area (Å²) in [4.78, 5) is 24.6. The van der Waals surface area contributed by atoms with E-state index in [4.69, 9.17) is 26.4 Å². The lowest BCUT2D eigenvalue weighted by molar-refractivity contribution is -0.123. The fourth-order valence-electron chi connectivity index (χ4n) is 2.73. The number of hydrazine groups is 1. The quantitative estimate of drug-likeness (QED) is 0.285. The molecule has 0 aliphatic heterocycles. The molecule has 0 heterocycles. The van der Waals surface area contributed by atoms with Crippen LogP contribution in [-0.2, 0) is 9.53 Å². The van der Waals surface area contributed by atoms with Crippen molar-refractivity contribution in [3.8, 4) is 11.5 Å². The van der Waals surface area contributed by atoms with Gasteiger partial charge in [0, 0.05) is 6.61 Å². The van der Waals surface area contributed by atoms with Crippen molar-refractivity contribution < 1.29 is 23.8 Å². The first-order chi connectivity index (χ1) is 15.4. The fourth-order valence-corrected chi connectivity index (χ4v) is 2.88. The lowest BCUT2D eigenvalue weighted by Gasteiger charge is -2.15. The molecule has 0 saturated carbocycles. The number of carbonyl (C=O) groups excluding carboxylic acids is 2. The van der Waals surface area contributed by atoms with Crippen LogP contribution in [0.1, 0.15) is 42.6 Å². The first kappa shape index (κ1) is 25.1. The van der Waals surface area contributed by atoms with E-state index >= 15 is 0 Å². The zero-order valence-electron chi connectivity index (χ0n) is 18.5. The van der Waals surface area contributed by atoms with Gasteiger partial charge in [0.2, 0.25) is 0 Å². The highest BCUT2D eigenvalue weighted by atomic mass is 32.1. The maximum Gasteiger partial charge on any atom is 0.276 e. The molecular formula is C23H29N3O5S. The highest BCUT2D eigenvalue weighted by Gasteiger charge is 2.14. The van der Waals surface area contributed by atoms with E-state index in [1.54, 1.807) is 24.3 Å². The van der Waals surface area contributed by atoms with E-state index in [0.717, 1.165) is 5.56 Å². The average Bonchev–Trinajstić information content (AvgIpc) is 2.79. The van der Waals surface area contributed by atoms with Crippen LogP contribution in [0, 0.1) is 0 Å². The number of rotatable bonds is 10. The Morgan fingerprint density at radius 2 is 1.62 bits per heavy atom. The molecule has 0 aromatic heterocycles. The molecule has 3 N–H and O–H groups in total. The third kappa shape index (κ3) is 8.16. The van der Waals surface area contributed by atoms with Crippen molar-refractivity contribution in [2.45, 2.75) is 26.7 Å². The van der Waals surface area contributed by atoms with Crippen molar-refractivity contribution in [2.75, 3.05) is 26.4 Å². The minimum absolute atomic E-state index is 0.0601. The lowest BCUT2D eigenvalue weighted by atomic mass is 10.0. The second kappa shape index (κ2) is 13.3. The van der Waals surface area contributed by atoms with E-state index < -0.39 is 11.8 Å². The minimum atomic E-state index is -0.467. The molecule has 172 valence electrons. The van der Waals surface area contributed by atoms with Crippen molar-refractivity contribution in [2.24, 2.45) is 0 Å². The molecule has 8 nitrogen and oxygen atoms in total. The standard InChI is InChI=1S/C23H29N3O5S/c1-4-29-13-14-30-20-12-8-6-10-18(20)22(28)24-23(32)26-25-21(27)15-31-19-11-7-5-9-17(19)16(2)3/h5-12,16H,4,13-15H2,1-3H3,(H,25,27)(H2,24,26,28,32). The predicted octanol–water partition coefficient (Wildman–Crippen LogP) is 2.94. The van der Waals surface area contributed by atoms with E-state index in [-0.39, 0.29) is 17.6 Å². The van der Waals surface area contributed by atoms with Crippen molar-refractivity contribution >= 4 is 29.1 Å². The van der Waals surface area contributed by atoms with Gasteiger partial charge in [0.05, 0.1) is 12.2 Å². The van der Waals surface area contributed by atoms with Crippen LogP contribution in [0.25, 0.3) is 0 Å². The van der Waals surface area contributed by atoms with Crippen molar-refractivity contribution in [3.63, 3.8) is 0 Å². The van der Waals surface area contributed by atoms with Gasteiger partial charge in [-0.25, -0.2) is 0 Å². The van der Waals surface area contributed by atoms with Gasteiger partial charge in [0.25, 0.3) is 11.8 Å². The summed E-state index contributed by atoms with van der Waals surface area (Å²) in [7, 11) is 0. The van der Waals surface area contributed by atoms with Crippen LogP contribution in [0.4, 0.5) is 0 Å². The molecule has 0 aliphatic rings. The molecular weight excluding hydrogens is 430 g/mol. The Hall–Kier alpha value is -3.17. The van der Waals surface area contributed by atoms with Crippen molar-refractivity contribution in [3.05, 3.63) is 59.7 Å². The molecule has 32 heavy (non-hydrogen) atoms. The van der Waals surface area contributed by atoms with E-state index in [9.17, 15) is 9.59 Å². The Balaban J connectivity index is 1.80. The molecule has 0 atom stereocenters. The number of hydrogen-bond acceptors (Lipinski definition) is 6. The van der Waals surface area contributed by atoms with Crippen LogP contribution in [0.5, 0.6) is 11.5 Å². The minimum Gasteiger partial charge on any atom is -0.490 e. The van der Waals surface area contributed by atoms with Gasteiger partial charge in [0.1, 0.15) is 18.1 Å². The van der Waals surface area contributed by atoms with Crippen LogP contribution in [0.3, 0.4) is 0 Å². The molecule has 0 bridgehead atoms. The molecule has 2 rings (SSSR count). The third-order valence-corrected chi connectivity index (χ3v) is 4.47. The van der Waals surface area contributed by atoms with E-state index in [1.165, 1.54) is 0 Å². The van der Waals surface area contributed by atoms with Gasteiger partial charge in [-0.05, 0) is 48.8 Å². The van der Waals surface area contributed by atoms with Gasteiger partial charge >= 0.3 is 0 Å². The van der Waals surface area contributed by atoms with Crippen LogP contribution >= 0.6 is 12.2 Å². The first-order valence-corrected chi connectivity index (χ1v) is 10.7. The number of nitrogens with one attached hydrogen (secondary N) is 3. The van der Waals surface area contributed by atoms with Gasteiger partial charge in [-0.2, -0.15) is 0 Å². The molecule has 0 aliphatic carbocycles. The second-order valence-electron chi connectivity index (χ2n) is 6.98. The monoisotopic (exact) mass is 459 g/mol. The van der Waals surface area contributed by atoms with Gasteiger partial charge in [-0.15, -0.1) is 0 Å². The number of hydrogen-bond donors (Lipinski definition) is 3. The Kier molecular flexibility index (Phi) is 10.4. The number of thiocarbonyl (C=S) groups is 1. The van der Waals surface area contributed by atoms with Crippen molar-refractivity contribution in [1.29, 1.82) is 0 Å². The number of benzene rings is 2. The second-order valence-corrected chi connectivity index (χ2v) is 7.39. The largest absolute Gasteiger partial charge is 0.490 e. The molecule has 2 aromatic carbocycles. The Bertz CT molecular complexity index is 920. The molecule has 2 aromatic rings. The summed E-state index contributed by atoms with van der Waals surface area (Å²) in [6.07, 6.45) is 0. The summed E-state index contributed by atoms with van der Waals surface area (Å²) in [5.74, 6) is 0.412. The Morgan fingerprint density at radius 1 is 0.938 bits per heavy atom. The first-order valence-electron chi connectivity index (χ1n) is 10.3. The maximum atomic E-state index is 12.5. The molecule has 2 amide bonds. The van der Waals surface area contributed by atoms with E-state index in [0.29, 0.717) is 36.9 Å². The van der Waals surface area contributed by atoms with Crippen LogP contribution < -0.4 is 25.6 Å². The molecule has 0 unspecified atom stereocenters. The van der Waals surface area contributed by atoms with Crippen LogP contribution in [0.2, 0.25) is 0 Å². The number of amides is 2. The van der Waals surface area contributed by atoms with Crippen LogP contribution in [0.15, 0.2) is 48.5 Å². The highest BCUT2D eigenvalue weighted by molar-refractivity contribution is 7.80. The van der Waals surface area contributed by atoms with Gasteiger partial charge in [-0.3, -0.25) is 25.8 Å². The molecule has 0 radical (unpaired) electrons. The highest BCUT2D eigenvalue weighted by Crippen LogP contribution is 2.25. The topological polar surface area (TPSA) is 97.9 Å². The molecule has 0 saturated heterocycles. The summed E-state index contributed by atoms with van der Waals surface area (Å²) >= 11 is 5.09. The summed E-state index contributed by atoms with van der Waals surface area (Å²) in [6, 6.07) is 14.3. The lowest BCUT2D eigenvalue weighted by Crippen LogP contribution is -2.49. The SMILES string of the molecule is CCOCCOc1ccccc1C(=O)NC(=S)NNC(=O)COc1ccccc1C(C)C.